The summed E-state index contributed by atoms with van der Waals surface area (Å²) in [6.07, 6.45) is 7.31. The van der Waals surface area contributed by atoms with Gasteiger partial charge in [-0.05, 0) is 43.9 Å². The minimum Gasteiger partial charge on any atom is -0.481 e. The van der Waals surface area contributed by atoms with E-state index in [1.54, 1.807) is 0 Å². The number of carbonyl (C=O) groups excluding carboxylic acids is 1. The number of nitrogens with zero attached hydrogens (tertiary/aromatic N) is 1. The second-order valence-electron chi connectivity index (χ2n) is 6.16. The summed E-state index contributed by atoms with van der Waals surface area (Å²) < 4.78 is 0. The molecular formula is C15H21NO3. The van der Waals surface area contributed by atoms with E-state index in [9.17, 15) is 14.7 Å². The van der Waals surface area contributed by atoms with Gasteiger partial charge < -0.3 is 10.0 Å². The third-order valence-corrected chi connectivity index (χ3v) is 4.90. The van der Waals surface area contributed by atoms with Crippen molar-refractivity contribution >= 4 is 11.9 Å². The van der Waals surface area contributed by atoms with Crippen LogP contribution < -0.4 is 0 Å². The molecule has 3 aliphatic rings. The Hall–Kier alpha value is -1.32. The van der Waals surface area contributed by atoms with Gasteiger partial charge in [0, 0.05) is 13.1 Å². The molecule has 0 aromatic carbocycles. The Morgan fingerprint density at radius 3 is 2.37 bits per heavy atom. The number of carboxylic acids is 1. The van der Waals surface area contributed by atoms with Gasteiger partial charge in [-0.2, -0.15) is 0 Å². The predicted octanol–water partition coefficient (Wildman–Crippen LogP) is 1.77. The first kappa shape index (κ1) is 12.7. The fourth-order valence-electron chi connectivity index (χ4n) is 3.69. The molecule has 0 aliphatic heterocycles. The minimum atomic E-state index is -0.808. The lowest BCUT2D eigenvalue weighted by molar-refractivity contribution is -0.151. The van der Waals surface area contributed by atoms with Crippen LogP contribution >= 0.6 is 0 Å². The SMILES string of the molecule is CCN(CC1CC1)C(=O)[C@H]1C2C=CC(C2)[C@H]1C(=O)O. The number of hydrogen-bond acceptors (Lipinski definition) is 2. The van der Waals surface area contributed by atoms with Gasteiger partial charge in [-0.3, -0.25) is 9.59 Å². The van der Waals surface area contributed by atoms with Gasteiger partial charge in [0.1, 0.15) is 0 Å². The van der Waals surface area contributed by atoms with Gasteiger partial charge in [-0.25, -0.2) is 0 Å². The smallest absolute Gasteiger partial charge is 0.307 e. The second-order valence-corrected chi connectivity index (χ2v) is 6.16. The van der Waals surface area contributed by atoms with Crippen LogP contribution in [0, 0.1) is 29.6 Å². The molecule has 2 unspecified atom stereocenters. The number of carboxylic acid groups (broad SMARTS) is 1. The maximum Gasteiger partial charge on any atom is 0.307 e. The molecular weight excluding hydrogens is 242 g/mol. The monoisotopic (exact) mass is 263 g/mol. The van der Waals surface area contributed by atoms with Gasteiger partial charge in [0.05, 0.1) is 11.8 Å². The van der Waals surface area contributed by atoms with E-state index in [0.29, 0.717) is 12.5 Å². The van der Waals surface area contributed by atoms with Gasteiger partial charge in [-0.1, -0.05) is 12.2 Å². The van der Waals surface area contributed by atoms with Crippen molar-refractivity contribution in [2.24, 2.45) is 29.6 Å². The van der Waals surface area contributed by atoms with Crippen LogP contribution in [0.1, 0.15) is 26.2 Å². The average molecular weight is 263 g/mol. The zero-order valence-corrected chi connectivity index (χ0v) is 11.3. The van der Waals surface area contributed by atoms with E-state index in [2.05, 4.69) is 6.08 Å². The number of aliphatic carboxylic acids is 1. The zero-order valence-electron chi connectivity index (χ0n) is 11.3. The molecule has 1 amide bonds. The van der Waals surface area contributed by atoms with E-state index in [1.165, 1.54) is 12.8 Å². The number of amides is 1. The van der Waals surface area contributed by atoms with Gasteiger partial charge in [0.25, 0.3) is 0 Å². The molecule has 2 saturated carbocycles. The standard InChI is InChI=1S/C15H21NO3/c1-2-16(8-9-3-4-9)14(17)12-10-5-6-11(7-10)13(12)15(18)19/h5-6,9-13H,2-4,7-8H2,1H3,(H,18,19)/t10?,11?,12-,13+/m0/s1. The van der Waals surface area contributed by atoms with E-state index >= 15 is 0 Å². The van der Waals surface area contributed by atoms with Crippen LogP contribution in [0.15, 0.2) is 12.2 Å². The summed E-state index contributed by atoms with van der Waals surface area (Å²) in [5.41, 5.74) is 0. The number of allylic oxidation sites excluding steroid dienone is 2. The van der Waals surface area contributed by atoms with Crippen molar-refractivity contribution in [1.82, 2.24) is 4.90 Å². The Morgan fingerprint density at radius 1 is 1.21 bits per heavy atom. The molecule has 0 spiro atoms. The molecule has 4 atom stereocenters. The van der Waals surface area contributed by atoms with Gasteiger partial charge in [0.15, 0.2) is 0 Å². The highest BCUT2D eigenvalue weighted by Crippen LogP contribution is 2.49. The molecule has 3 rings (SSSR count). The fourth-order valence-corrected chi connectivity index (χ4v) is 3.69. The topological polar surface area (TPSA) is 57.6 Å². The number of hydrogen-bond donors (Lipinski definition) is 1. The van der Waals surface area contributed by atoms with Crippen LogP contribution in [-0.4, -0.2) is 35.0 Å². The quantitative estimate of drug-likeness (QED) is 0.769. The maximum absolute atomic E-state index is 12.7. The van der Waals surface area contributed by atoms with E-state index in [4.69, 9.17) is 0 Å². The summed E-state index contributed by atoms with van der Waals surface area (Å²) in [7, 11) is 0. The highest BCUT2D eigenvalue weighted by molar-refractivity contribution is 5.87. The number of rotatable bonds is 5. The predicted molar refractivity (Wildman–Crippen MR) is 70.3 cm³/mol. The molecule has 0 saturated heterocycles. The van der Waals surface area contributed by atoms with Crippen LogP contribution in [0.4, 0.5) is 0 Å². The van der Waals surface area contributed by atoms with E-state index in [1.807, 2.05) is 17.9 Å². The largest absolute Gasteiger partial charge is 0.481 e. The summed E-state index contributed by atoms with van der Waals surface area (Å²) in [5.74, 6) is -0.706. The highest BCUT2D eigenvalue weighted by atomic mass is 16.4. The van der Waals surface area contributed by atoms with Crippen LogP contribution in [0.5, 0.6) is 0 Å². The Morgan fingerprint density at radius 2 is 1.84 bits per heavy atom. The summed E-state index contributed by atoms with van der Waals surface area (Å²) in [6.45, 7) is 3.50. The molecule has 0 aromatic heterocycles. The lowest BCUT2D eigenvalue weighted by atomic mass is 9.82. The molecule has 0 aromatic rings. The van der Waals surface area contributed by atoms with Crippen molar-refractivity contribution in [2.45, 2.75) is 26.2 Å². The zero-order chi connectivity index (χ0) is 13.6. The van der Waals surface area contributed by atoms with Crippen molar-refractivity contribution < 1.29 is 14.7 Å². The molecule has 4 nitrogen and oxygen atoms in total. The Kier molecular flexibility index (Phi) is 3.11. The van der Waals surface area contributed by atoms with E-state index in [-0.39, 0.29) is 23.7 Å². The normalized spacial score (nSPS) is 35.6. The summed E-state index contributed by atoms with van der Waals surface area (Å²) in [4.78, 5) is 26.0. The van der Waals surface area contributed by atoms with E-state index < -0.39 is 11.9 Å². The van der Waals surface area contributed by atoms with Crippen molar-refractivity contribution in [3.05, 3.63) is 12.2 Å². The third kappa shape index (κ3) is 2.17. The van der Waals surface area contributed by atoms with Crippen LogP contribution in [0.3, 0.4) is 0 Å². The fraction of sp³-hybridized carbons (Fsp3) is 0.733. The molecule has 4 heteroatoms. The van der Waals surface area contributed by atoms with Crippen molar-refractivity contribution in [1.29, 1.82) is 0 Å². The van der Waals surface area contributed by atoms with Crippen LogP contribution in [-0.2, 0) is 9.59 Å². The first-order chi connectivity index (χ1) is 9.11. The average Bonchev–Trinajstić information content (AvgIpc) is 2.97. The summed E-state index contributed by atoms with van der Waals surface area (Å²) >= 11 is 0. The first-order valence-corrected chi connectivity index (χ1v) is 7.31. The molecule has 1 N–H and O–H groups in total. The van der Waals surface area contributed by atoms with Gasteiger partial charge in [-0.15, -0.1) is 0 Å². The second kappa shape index (κ2) is 4.66. The van der Waals surface area contributed by atoms with Crippen molar-refractivity contribution in [3.8, 4) is 0 Å². The molecule has 2 fully saturated rings. The molecule has 104 valence electrons. The Balaban J connectivity index is 1.77. The summed E-state index contributed by atoms with van der Waals surface area (Å²) in [5, 5.41) is 9.40. The van der Waals surface area contributed by atoms with Gasteiger partial charge >= 0.3 is 5.97 Å². The molecule has 19 heavy (non-hydrogen) atoms. The van der Waals surface area contributed by atoms with Crippen LogP contribution in [0.2, 0.25) is 0 Å². The first-order valence-electron chi connectivity index (χ1n) is 7.31. The third-order valence-electron chi connectivity index (χ3n) is 4.90. The number of carbonyl (C=O) groups is 2. The Bertz CT molecular complexity index is 427. The minimum absolute atomic E-state index is 0.0658. The van der Waals surface area contributed by atoms with Crippen molar-refractivity contribution in [3.63, 3.8) is 0 Å². The molecule has 0 heterocycles. The highest BCUT2D eigenvalue weighted by Gasteiger charge is 2.52. The molecule has 0 radical (unpaired) electrons. The molecule has 3 aliphatic carbocycles. The maximum atomic E-state index is 12.7. The van der Waals surface area contributed by atoms with Gasteiger partial charge in [0.2, 0.25) is 5.91 Å². The lowest BCUT2D eigenvalue weighted by Gasteiger charge is -2.30. The lowest BCUT2D eigenvalue weighted by Crippen LogP contribution is -2.43. The number of fused-ring (bicyclic) bond motifs is 2. The summed E-state index contributed by atoms with van der Waals surface area (Å²) in [6, 6.07) is 0. The van der Waals surface area contributed by atoms with Crippen LogP contribution in [0.25, 0.3) is 0 Å². The van der Waals surface area contributed by atoms with Crippen molar-refractivity contribution in [2.75, 3.05) is 13.1 Å². The van der Waals surface area contributed by atoms with E-state index in [0.717, 1.165) is 13.0 Å². The Labute approximate surface area is 113 Å². The molecule has 2 bridgehead atoms.